The molecule has 0 bridgehead atoms. The van der Waals surface area contributed by atoms with Gasteiger partial charge in [0.15, 0.2) is 0 Å². The first-order valence-electron chi connectivity index (χ1n) is 3.66. The minimum atomic E-state index is -0.213. The van der Waals surface area contributed by atoms with Crippen LogP contribution in [0.3, 0.4) is 0 Å². The molecular weight excluding hydrogens is 126 g/mol. The van der Waals surface area contributed by atoms with E-state index in [-0.39, 0.29) is 11.2 Å². The first-order chi connectivity index (χ1) is 4.48. The van der Waals surface area contributed by atoms with Gasteiger partial charge in [0, 0.05) is 18.4 Å². The third kappa shape index (κ3) is 3.62. The van der Waals surface area contributed by atoms with E-state index in [1.807, 2.05) is 20.8 Å². The topological polar surface area (TPSA) is 40.9 Å². The van der Waals surface area contributed by atoms with E-state index in [0.717, 1.165) is 0 Å². The first kappa shape index (κ1) is 9.63. The van der Waals surface area contributed by atoms with Crippen LogP contribution in [0.2, 0.25) is 0 Å². The number of ketones is 1. The molecule has 0 spiro atoms. The highest BCUT2D eigenvalue weighted by Crippen LogP contribution is 2.17. The van der Waals surface area contributed by atoms with Crippen molar-refractivity contribution < 1.29 is 4.79 Å². The van der Waals surface area contributed by atoms with Crippen molar-refractivity contribution in [2.45, 2.75) is 33.6 Å². The van der Waals surface area contributed by atoms with Crippen LogP contribution in [0, 0.1) is 5.41 Å². The summed E-state index contributed by atoms with van der Waals surface area (Å²) in [4.78, 5) is 11.1. The minimum absolute atomic E-state index is 0.213. The van der Waals surface area contributed by atoms with Crippen LogP contribution < -0.4 is 5.73 Å². The first-order valence-corrected chi connectivity index (χ1v) is 3.66. The molecular formula is C8H16NO. The van der Waals surface area contributed by atoms with Crippen molar-refractivity contribution in [1.29, 1.82) is 0 Å². The Morgan fingerprint density at radius 2 is 1.90 bits per heavy atom. The second-order valence-corrected chi connectivity index (χ2v) is 3.53. The van der Waals surface area contributed by atoms with E-state index in [2.05, 4.69) is 0 Å². The van der Waals surface area contributed by atoms with Crippen LogP contribution >= 0.6 is 0 Å². The van der Waals surface area contributed by atoms with Gasteiger partial charge in [-0.2, -0.15) is 0 Å². The monoisotopic (exact) mass is 142 g/mol. The molecule has 10 heavy (non-hydrogen) atoms. The summed E-state index contributed by atoms with van der Waals surface area (Å²) < 4.78 is 0. The smallest absolute Gasteiger partial charge is 0.138 e. The number of carbonyl (C=O) groups excluding carboxylic acids is 1. The Morgan fingerprint density at radius 1 is 1.40 bits per heavy atom. The fraction of sp³-hybridized carbons (Fsp3) is 0.875. The molecule has 0 aliphatic carbocycles. The predicted molar refractivity (Wildman–Crippen MR) is 41.7 cm³/mol. The lowest BCUT2D eigenvalue weighted by Gasteiger charge is -2.15. The molecule has 0 heterocycles. The van der Waals surface area contributed by atoms with Gasteiger partial charge in [0.25, 0.3) is 0 Å². The molecule has 0 aromatic rings. The highest BCUT2D eigenvalue weighted by molar-refractivity contribution is 5.83. The fourth-order valence-electron chi connectivity index (χ4n) is 0.624. The standard InChI is InChI=1S/C8H16NO/c1-8(2,3)7(10)5-4-6-9/h9H,4-6H2,1-3H3. The number of Topliss-reactive ketones (excluding diaryl/α,β-unsaturated/α-hetero) is 1. The zero-order chi connectivity index (χ0) is 8.20. The predicted octanol–water partition coefficient (Wildman–Crippen LogP) is 1.66. The third-order valence-corrected chi connectivity index (χ3v) is 1.42. The third-order valence-electron chi connectivity index (χ3n) is 1.42. The second-order valence-electron chi connectivity index (χ2n) is 3.53. The van der Waals surface area contributed by atoms with Crippen molar-refractivity contribution in [3.05, 3.63) is 0 Å². The molecule has 2 heteroatoms. The molecule has 0 unspecified atom stereocenters. The van der Waals surface area contributed by atoms with Crippen LogP contribution in [0.25, 0.3) is 0 Å². The van der Waals surface area contributed by atoms with Crippen molar-refractivity contribution in [2.24, 2.45) is 5.41 Å². The number of hydrogen-bond donors (Lipinski definition) is 0. The lowest BCUT2D eigenvalue weighted by Crippen LogP contribution is -2.19. The van der Waals surface area contributed by atoms with Crippen molar-refractivity contribution in [3.8, 4) is 0 Å². The molecule has 0 saturated carbocycles. The SMILES string of the molecule is CC(C)(C)C(=O)CCC[NH]. The molecule has 0 rings (SSSR count). The molecule has 0 amide bonds. The second kappa shape index (κ2) is 3.71. The molecule has 0 fully saturated rings. The molecule has 0 aliphatic heterocycles. The normalized spacial score (nSPS) is 11.6. The van der Waals surface area contributed by atoms with Gasteiger partial charge < -0.3 is 0 Å². The zero-order valence-electron chi connectivity index (χ0n) is 7.03. The summed E-state index contributed by atoms with van der Waals surface area (Å²) in [6, 6.07) is 0. The Kier molecular flexibility index (Phi) is 3.58. The molecule has 0 aromatic carbocycles. The maximum absolute atomic E-state index is 11.1. The lowest BCUT2D eigenvalue weighted by atomic mass is 9.88. The molecule has 0 aromatic heterocycles. The molecule has 0 saturated heterocycles. The van der Waals surface area contributed by atoms with Crippen LogP contribution in [0.1, 0.15) is 33.6 Å². The minimum Gasteiger partial charge on any atom is -0.299 e. The molecule has 1 radical (unpaired) electrons. The van der Waals surface area contributed by atoms with Gasteiger partial charge in [0.05, 0.1) is 0 Å². The Morgan fingerprint density at radius 3 is 2.20 bits per heavy atom. The maximum Gasteiger partial charge on any atom is 0.138 e. The molecule has 0 aliphatic rings. The van der Waals surface area contributed by atoms with E-state index in [1.54, 1.807) is 0 Å². The van der Waals surface area contributed by atoms with Gasteiger partial charge in [-0.25, -0.2) is 0 Å². The number of carbonyl (C=O) groups is 1. The highest BCUT2D eigenvalue weighted by atomic mass is 16.1. The average Bonchev–Trinajstić information content (AvgIpc) is 1.80. The van der Waals surface area contributed by atoms with Crippen molar-refractivity contribution in [1.82, 2.24) is 5.73 Å². The Labute approximate surface area is 62.8 Å². The number of nitrogens with one attached hydrogen (secondary N) is 1. The lowest BCUT2D eigenvalue weighted by molar-refractivity contribution is -0.126. The maximum atomic E-state index is 11.1. The quantitative estimate of drug-likeness (QED) is 0.590. The fourth-order valence-corrected chi connectivity index (χ4v) is 0.624. The summed E-state index contributed by atoms with van der Waals surface area (Å²) in [6.07, 6.45) is 1.27. The summed E-state index contributed by atoms with van der Waals surface area (Å²) in [5.74, 6) is 0.264. The van der Waals surface area contributed by atoms with Gasteiger partial charge in [-0.1, -0.05) is 20.8 Å². The van der Waals surface area contributed by atoms with Crippen molar-refractivity contribution >= 4 is 5.78 Å². The van der Waals surface area contributed by atoms with Gasteiger partial charge >= 0.3 is 0 Å². The Hall–Kier alpha value is -0.370. The Bertz CT molecular complexity index is 113. The average molecular weight is 142 g/mol. The summed E-state index contributed by atoms with van der Waals surface area (Å²) in [5, 5.41) is 0. The van der Waals surface area contributed by atoms with E-state index in [9.17, 15) is 4.79 Å². The summed E-state index contributed by atoms with van der Waals surface area (Å²) >= 11 is 0. The van der Waals surface area contributed by atoms with Crippen LogP contribution in [-0.4, -0.2) is 12.3 Å². The molecule has 2 nitrogen and oxygen atoms in total. The van der Waals surface area contributed by atoms with Gasteiger partial charge in [0.2, 0.25) is 0 Å². The van der Waals surface area contributed by atoms with Crippen molar-refractivity contribution in [3.63, 3.8) is 0 Å². The van der Waals surface area contributed by atoms with E-state index < -0.39 is 0 Å². The summed E-state index contributed by atoms with van der Waals surface area (Å²) in [5.41, 5.74) is 6.64. The van der Waals surface area contributed by atoms with Gasteiger partial charge in [-0.05, 0) is 6.42 Å². The highest BCUT2D eigenvalue weighted by Gasteiger charge is 2.19. The zero-order valence-corrected chi connectivity index (χ0v) is 7.03. The molecule has 59 valence electrons. The number of hydrogen-bond acceptors (Lipinski definition) is 1. The number of rotatable bonds is 3. The van der Waals surface area contributed by atoms with Gasteiger partial charge in [-0.3, -0.25) is 10.5 Å². The van der Waals surface area contributed by atoms with Crippen molar-refractivity contribution in [2.75, 3.05) is 6.54 Å². The molecule has 0 atom stereocenters. The summed E-state index contributed by atoms with van der Waals surface area (Å²) in [6.45, 7) is 6.11. The largest absolute Gasteiger partial charge is 0.299 e. The molecule has 1 N–H and O–H groups in total. The van der Waals surface area contributed by atoms with Gasteiger partial charge in [-0.15, -0.1) is 0 Å². The summed E-state index contributed by atoms with van der Waals surface area (Å²) in [7, 11) is 0. The van der Waals surface area contributed by atoms with Crippen LogP contribution in [0.15, 0.2) is 0 Å². The van der Waals surface area contributed by atoms with E-state index in [0.29, 0.717) is 19.4 Å². The van der Waals surface area contributed by atoms with Gasteiger partial charge in [0.1, 0.15) is 5.78 Å². The Balaban J connectivity index is 3.64. The van der Waals surface area contributed by atoms with E-state index in [4.69, 9.17) is 5.73 Å². The van der Waals surface area contributed by atoms with E-state index >= 15 is 0 Å². The van der Waals surface area contributed by atoms with Crippen LogP contribution in [0.4, 0.5) is 0 Å². The van der Waals surface area contributed by atoms with Crippen LogP contribution in [0.5, 0.6) is 0 Å². The van der Waals surface area contributed by atoms with E-state index in [1.165, 1.54) is 0 Å². The van der Waals surface area contributed by atoms with Crippen LogP contribution in [-0.2, 0) is 4.79 Å².